The molecule has 1 aliphatic rings. The third kappa shape index (κ3) is 2.74. The molecule has 1 fully saturated rings. The molecule has 2 rings (SSSR count). The Morgan fingerprint density at radius 1 is 1.33 bits per heavy atom. The van der Waals surface area contributed by atoms with E-state index in [-0.39, 0.29) is 5.91 Å². The van der Waals surface area contributed by atoms with Crippen LogP contribution in [0.2, 0.25) is 0 Å². The normalized spacial score (nSPS) is 19.4. The molecule has 1 N–H and O–H groups in total. The number of rotatable bonds is 2. The summed E-state index contributed by atoms with van der Waals surface area (Å²) in [5.74, 6) is -0.270. The van der Waals surface area contributed by atoms with E-state index in [2.05, 4.69) is 15.9 Å². The second-order valence-corrected chi connectivity index (χ2v) is 5.40. The molecule has 98 valence electrons. The number of carbonyl (C=O) groups excluding carboxylic acids is 1. The van der Waals surface area contributed by atoms with Gasteiger partial charge in [-0.05, 0) is 24.6 Å². The minimum atomic E-state index is -1.49. The van der Waals surface area contributed by atoms with Crippen LogP contribution < -0.4 is 0 Å². The molecule has 1 aliphatic heterocycles. The largest absolute Gasteiger partial charge is 0.378 e. The fourth-order valence-corrected chi connectivity index (χ4v) is 2.24. The molecule has 1 atom stereocenters. The number of aliphatic hydroxyl groups is 1. The lowest BCUT2D eigenvalue weighted by atomic mass is 9.94. The van der Waals surface area contributed by atoms with Crippen LogP contribution in [0.1, 0.15) is 12.5 Å². The van der Waals surface area contributed by atoms with Crippen molar-refractivity contribution >= 4 is 21.8 Å². The van der Waals surface area contributed by atoms with E-state index >= 15 is 0 Å². The summed E-state index contributed by atoms with van der Waals surface area (Å²) in [4.78, 5) is 14.0. The molecule has 0 bridgehead atoms. The number of morpholine rings is 1. The highest BCUT2D eigenvalue weighted by Gasteiger charge is 2.36. The molecule has 0 spiro atoms. The Kier molecular flexibility index (Phi) is 4.04. The van der Waals surface area contributed by atoms with E-state index in [1.165, 1.54) is 6.92 Å². The molecular formula is C13H16BrNO3. The minimum Gasteiger partial charge on any atom is -0.378 e. The van der Waals surface area contributed by atoms with E-state index in [0.29, 0.717) is 31.9 Å². The van der Waals surface area contributed by atoms with Crippen molar-refractivity contribution in [3.8, 4) is 0 Å². The first-order valence-corrected chi connectivity index (χ1v) is 6.66. The zero-order valence-electron chi connectivity index (χ0n) is 10.2. The fraction of sp³-hybridized carbons (Fsp3) is 0.462. The summed E-state index contributed by atoms with van der Waals surface area (Å²) in [6.45, 7) is 3.66. The van der Waals surface area contributed by atoms with Gasteiger partial charge in [0.2, 0.25) is 0 Å². The van der Waals surface area contributed by atoms with Crippen LogP contribution in [0.3, 0.4) is 0 Å². The van der Waals surface area contributed by atoms with Crippen LogP contribution in [0, 0.1) is 0 Å². The van der Waals surface area contributed by atoms with Crippen molar-refractivity contribution in [2.75, 3.05) is 26.3 Å². The molecule has 1 saturated heterocycles. The maximum Gasteiger partial charge on any atom is 0.259 e. The first kappa shape index (κ1) is 13.5. The molecule has 1 aromatic rings. The van der Waals surface area contributed by atoms with Crippen molar-refractivity contribution < 1.29 is 14.6 Å². The lowest BCUT2D eigenvalue weighted by molar-refractivity contribution is -0.154. The molecule has 0 radical (unpaired) electrons. The van der Waals surface area contributed by atoms with Crippen LogP contribution in [0.15, 0.2) is 28.7 Å². The molecule has 1 heterocycles. The average Bonchev–Trinajstić information content (AvgIpc) is 2.39. The van der Waals surface area contributed by atoms with Crippen molar-refractivity contribution in [1.82, 2.24) is 4.90 Å². The second-order valence-electron chi connectivity index (χ2n) is 4.48. The van der Waals surface area contributed by atoms with Crippen molar-refractivity contribution in [2.24, 2.45) is 0 Å². The smallest absolute Gasteiger partial charge is 0.259 e. The van der Waals surface area contributed by atoms with E-state index < -0.39 is 5.60 Å². The van der Waals surface area contributed by atoms with Crippen LogP contribution in [0.4, 0.5) is 0 Å². The Bertz CT molecular complexity index is 424. The molecule has 1 aromatic carbocycles. The quantitative estimate of drug-likeness (QED) is 0.900. The summed E-state index contributed by atoms with van der Waals surface area (Å²) in [6, 6.07) is 7.14. The SMILES string of the molecule is CC(O)(C(=O)N1CCOCC1)c1ccc(Br)cc1. The number of hydrogen-bond acceptors (Lipinski definition) is 3. The molecule has 1 unspecified atom stereocenters. The van der Waals surface area contributed by atoms with Gasteiger partial charge in [0.15, 0.2) is 5.60 Å². The number of hydrogen-bond donors (Lipinski definition) is 1. The van der Waals surface area contributed by atoms with Crippen molar-refractivity contribution in [1.29, 1.82) is 0 Å². The maximum absolute atomic E-state index is 12.3. The Hall–Kier alpha value is -0.910. The van der Waals surface area contributed by atoms with Gasteiger partial charge in [0.25, 0.3) is 5.91 Å². The number of ether oxygens (including phenoxy) is 1. The van der Waals surface area contributed by atoms with Gasteiger partial charge in [-0.2, -0.15) is 0 Å². The summed E-state index contributed by atoms with van der Waals surface area (Å²) in [7, 11) is 0. The predicted molar refractivity (Wildman–Crippen MR) is 71.1 cm³/mol. The maximum atomic E-state index is 12.3. The lowest BCUT2D eigenvalue weighted by Gasteiger charge is -2.33. The monoisotopic (exact) mass is 313 g/mol. The Morgan fingerprint density at radius 3 is 2.44 bits per heavy atom. The third-order valence-corrected chi connectivity index (χ3v) is 3.65. The predicted octanol–water partition coefficient (Wildman–Crippen LogP) is 1.52. The van der Waals surface area contributed by atoms with Crippen LogP contribution in [-0.2, 0) is 15.1 Å². The van der Waals surface area contributed by atoms with Crippen LogP contribution >= 0.6 is 15.9 Å². The van der Waals surface area contributed by atoms with Crippen LogP contribution in [-0.4, -0.2) is 42.2 Å². The third-order valence-electron chi connectivity index (χ3n) is 3.12. The van der Waals surface area contributed by atoms with Gasteiger partial charge in [0.1, 0.15) is 0 Å². The van der Waals surface area contributed by atoms with E-state index in [1.807, 2.05) is 12.1 Å². The fourth-order valence-electron chi connectivity index (χ4n) is 1.97. The van der Waals surface area contributed by atoms with Crippen molar-refractivity contribution in [3.05, 3.63) is 34.3 Å². The highest BCUT2D eigenvalue weighted by molar-refractivity contribution is 9.10. The number of benzene rings is 1. The van der Waals surface area contributed by atoms with Crippen LogP contribution in [0.5, 0.6) is 0 Å². The Morgan fingerprint density at radius 2 is 1.89 bits per heavy atom. The number of amides is 1. The Labute approximate surface area is 115 Å². The Balaban J connectivity index is 2.18. The summed E-state index contributed by atoms with van der Waals surface area (Å²) in [5.41, 5.74) is -0.889. The van der Waals surface area contributed by atoms with Gasteiger partial charge in [-0.3, -0.25) is 4.79 Å². The van der Waals surface area contributed by atoms with Gasteiger partial charge in [0.05, 0.1) is 13.2 Å². The average molecular weight is 314 g/mol. The summed E-state index contributed by atoms with van der Waals surface area (Å²) < 4.78 is 6.12. The molecule has 1 amide bonds. The molecule has 0 aromatic heterocycles. The molecule has 0 aliphatic carbocycles. The highest BCUT2D eigenvalue weighted by atomic mass is 79.9. The zero-order chi connectivity index (χ0) is 13.2. The van der Waals surface area contributed by atoms with E-state index in [9.17, 15) is 9.90 Å². The summed E-state index contributed by atoms with van der Waals surface area (Å²) >= 11 is 3.33. The first-order chi connectivity index (χ1) is 8.51. The lowest BCUT2D eigenvalue weighted by Crippen LogP contribution is -2.49. The highest BCUT2D eigenvalue weighted by Crippen LogP contribution is 2.25. The first-order valence-electron chi connectivity index (χ1n) is 5.87. The van der Waals surface area contributed by atoms with E-state index in [0.717, 1.165) is 4.47 Å². The standard InChI is InChI=1S/C13H16BrNO3/c1-13(17,10-2-4-11(14)5-3-10)12(16)15-6-8-18-9-7-15/h2-5,17H,6-9H2,1H3. The molecule has 4 nitrogen and oxygen atoms in total. The molecule has 0 saturated carbocycles. The number of carbonyl (C=O) groups is 1. The summed E-state index contributed by atoms with van der Waals surface area (Å²) in [5, 5.41) is 10.5. The van der Waals surface area contributed by atoms with E-state index in [1.54, 1.807) is 17.0 Å². The van der Waals surface area contributed by atoms with Gasteiger partial charge >= 0.3 is 0 Å². The zero-order valence-corrected chi connectivity index (χ0v) is 11.8. The van der Waals surface area contributed by atoms with Gasteiger partial charge in [0, 0.05) is 17.6 Å². The van der Waals surface area contributed by atoms with Crippen molar-refractivity contribution in [2.45, 2.75) is 12.5 Å². The van der Waals surface area contributed by atoms with Crippen molar-refractivity contribution in [3.63, 3.8) is 0 Å². The van der Waals surface area contributed by atoms with Crippen LogP contribution in [0.25, 0.3) is 0 Å². The second kappa shape index (κ2) is 5.38. The minimum absolute atomic E-state index is 0.270. The molecule has 18 heavy (non-hydrogen) atoms. The van der Waals surface area contributed by atoms with Gasteiger partial charge in [-0.1, -0.05) is 28.1 Å². The molecule has 5 heteroatoms. The number of halogens is 1. The number of nitrogens with zero attached hydrogens (tertiary/aromatic N) is 1. The van der Waals surface area contributed by atoms with E-state index in [4.69, 9.17) is 4.74 Å². The summed E-state index contributed by atoms with van der Waals surface area (Å²) in [6.07, 6.45) is 0. The topological polar surface area (TPSA) is 49.8 Å². The van der Waals surface area contributed by atoms with Gasteiger partial charge in [-0.15, -0.1) is 0 Å². The molecular weight excluding hydrogens is 298 g/mol. The van der Waals surface area contributed by atoms with Gasteiger partial charge in [-0.25, -0.2) is 0 Å². The van der Waals surface area contributed by atoms with Gasteiger partial charge < -0.3 is 14.7 Å².